The molecule has 0 bridgehead atoms. The Balaban J connectivity index is 2.43. The molecule has 0 aliphatic heterocycles. The minimum absolute atomic E-state index is 0.218. The minimum atomic E-state index is -0.565. The lowest BCUT2D eigenvalue weighted by molar-refractivity contribution is 0.0595. The van der Waals surface area contributed by atoms with Gasteiger partial charge in [-0.25, -0.2) is 4.79 Å². The van der Waals surface area contributed by atoms with Crippen LogP contribution < -0.4 is 10.2 Å². The lowest BCUT2D eigenvalue weighted by atomic mass is 10.1. The molecular formula is C19H16N4O3. The fraction of sp³-hybridized carbons (Fsp3) is 0.158. The van der Waals surface area contributed by atoms with Crippen molar-refractivity contribution in [1.82, 2.24) is 0 Å². The first-order chi connectivity index (χ1) is 12.6. The second kappa shape index (κ2) is 8.86. The molecular weight excluding hydrogens is 332 g/mol. The van der Waals surface area contributed by atoms with E-state index in [0.717, 1.165) is 11.1 Å². The maximum atomic E-state index is 12.1. The Morgan fingerprint density at radius 1 is 1.19 bits per heavy atom. The molecule has 0 amide bonds. The van der Waals surface area contributed by atoms with Crippen molar-refractivity contribution in [2.45, 2.75) is 13.5 Å². The fourth-order valence-corrected chi connectivity index (χ4v) is 2.19. The molecule has 26 heavy (non-hydrogen) atoms. The van der Waals surface area contributed by atoms with Crippen LogP contribution in [-0.2, 0) is 11.3 Å². The van der Waals surface area contributed by atoms with E-state index in [1.165, 1.54) is 7.11 Å². The van der Waals surface area contributed by atoms with Gasteiger partial charge in [-0.1, -0.05) is 30.3 Å². The van der Waals surface area contributed by atoms with Crippen molar-refractivity contribution in [2.24, 2.45) is 5.10 Å². The van der Waals surface area contributed by atoms with Crippen LogP contribution in [0.1, 0.15) is 21.5 Å². The summed E-state index contributed by atoms with van der Waals surface area (Å²) in [6.07, 6.45) is 0. The number of nitriles is 2. The number of nitrogens with zero attached hydrogens (tertiary/aromatic N) is 3. The predicted octanol–water partition coefficient (Wildman–Crippen LogP) is 3.18. The summed E-state index contributed by atoms with van der Waals surface area (Å²) in [5.74, 6) is -0.338. The Bertz CT molecular complexity index is 893. The van der Waals surface area contributed by atoms with Crippen LogP contribution in [0.25, 0.3) is 0 Å². The van der Waals surface area contributed by atoms with Crippen molar-refractivity contribution in [1.29, 1.82) is 10.5 Å². The monoisotopic (exact) mass is 348 g/mol. The number of aryl methyl sites for hydroxylation is 1. The molecule has 7 nitrogen and oxygen atoms in total. The van der Waals surface area contributed by atoms with Crippen molar-refractivity contribution in [2.75, 3.05) is 12.5 Å². The molecule has 130 valence electrons. The quantitative estimate of drug-likeness (QED) is 0.488. The number of hydrogen-bond donors (Lipinski definition) is 1. The fourth-order valence-electron chi connectivity index (χ4n) is 2.19. The van der Waals surface area contributed by atoms with Gasteiger partial charge in [0.2, 0.25) is 5.71 Å². The summed E-state index contributed by atoms with van der Waals surface area (Å²) >= 11 is 0. The largest absolute Gasteiger partial charge is 0.486 e. The molecule has 0 aliphatic rings. The lowest BCUT2D eigenvalue weighted by Gasteiger charge is -2.15. The van der Waals surface area contributed by atoms with Crippen molar-refractivity contribution in [3.63, 3.8) is 0 Å². The maximum absolute atomic E-state index is 12.1. The molecule has 0 saturated carbocycles. The Hall–Kier alpha value is -3.84. The third-order valence-electron chi connectivity index (χ3n) is 3.36. The molecule has 0 radical (unpaired) electrons. The van der Waals surface area contributed by atoms with Crippen molar-refractivity contribution in [3.05, 3.63) is 59.2 Å². The molecule has 0 aliphatic carbocycles. The zero-order chi connectivity index (χ0) is 18.9. The molecule has 1 N–H and O–H groups in total. The summed E-state index contributed by atoms with van der Waals surface area (Å²) < 4.78 is 10.7. The summed E-state index contributed by atoms with van der Waals surface area (Å²) in [5.41, 5.74) is 4.51. The summed E-state index contributed by atoms with van der Waals surface area (Å²) in [6.45, 7) is 2.01. The van der Waals surface area contributed by atoms with Crippen LogP contribution in [0.5, 0.6) is 5.75 Å². The number of anilines is 1. The van der Waals surface area contributed by atoms with E-state index < -0.39 is 5.97 Å². The highest BCUT2D eigenvalue weighted by molar-refractivity contribution is 6.10. The standard InChI is InChI=1S/C19H16N4O3/c1-13-8-16(19(24)25-2)18(26-12-14-6-4-3-5-7-14)17(9-13)23-22-15(10-20)11-21/h3-9,23H,12H2,1-2H3. The molecule has 0 saturated heterocycles. The highest BCUT2D eigenvalue weighted by Gasteiger charge is 2.18. The lowest BCUT2D eigenvalue weighted by Crippen LogP contribution is -2.09. The molecule has 7 heteroatoms. The summed E-state index contributed by atoms with van der Waals surface area (Å²) in [5, 5.41) is 21.4. The molecule has 2 aromatic carbocycles. The Labute approximate surface area is 151 Å². The Morgan fingerprint density at radius 2 is 1.88 bits per heavy atom. The van der Waals surface area contributed by atoms with Crippen LogP contribution in [-0.4, -0.2) is 18.8 Å². The van der Waals surface area contributed by atoms with Gasteiger partial charge in [-0.2, -0.15) is 15.6 Å². The van der Waals surface area contributed by atoms with Gasteiger partial charge in [0.15, 0.2) is 5.75 Å². The molecule has 0 spiro atoms. The number of nitrogens with one attached hydrogen (secondary N) is 1. The predicted molar refractivity (Wildman–Crippen MR) is 95.6 cm³/mol. The van der Waals surface area contributed by atoms with E-state index in [2.05, 4.69) is 10.5 Å². The number of hydrogen-bond acceptors (Lipinski definition) is 7. The first-order valence-electron chi connectivity index (χ1n) is 7.62. The van der Waals surface area contributed by atoms with E-state index in [-0.39, 0.29) is 23.6 Å². The summed E-state index contributed by atoms with van der Waals surface area (Å²) in [6, 6.07) is 16.1. The van der Waals surface area contributed by atoms with E-state index in [1.807, 2.05) is 30.3 Å². The number of methoxy groups -OCH3 is 1. The normalized spacial score (nSPS) is 9.38. The second-order valence-corrected chi connectivity index (χ2v) is 5.25. The van der Waals surface area contributed by atoms with Crippen LogP contribution in [0.15, 0.2) is 47.6 Å². The number of carbonyl (C=O) groups is 1. The Morgan fingerprint density at radius 3 is 2.50 bits per heavy atom. The maximum Gasteiger partial charge on any atom is 0.341 e. The zero-order valence-corrected chi connectivity index (χ0v) is 14.3. The highest BCUT2D eigenvalue weighted by Crippen LogP contribution is 2.32. The van der Waals surface area contributed by atoms with Gasteiger partial charge in [0, 0.05) is 0 Å². The van der Waals surface area contributed by atoms with E-state index in [4.69, 9.17) is 20.0 Å². The van der Waals surface area contributed by atoms with E-state index in [1.54, 1.807) is 31.2 Å². The average molecular weight is 348 g/mol. The van der Waals surface area contributed by atoms with Crippen molar-refractivity contribution in [3.8, 4) is 17.9 Å². The number of esters is 1. The number of ether oxygens (including phenoxy) is 2. The molecule has 0 atom stereocenters. The number of carbonyl (C=O) groups excluding carboxylic acids is 1. The van der Waals surface area contributed by atoms with Crippen LogP contribution in [0.4, 0.5) is 5.69 Å². The number of benzene rings is 2. The molecule has 0 unspecified atom stereocenters. The average Bonchev–Trinajstić information content (AvgIpc) is 2.67. The number of hydrazone groups is 1. The van der Waals surface area contributed by atoms with Gasteiger partial charge < -0.3 is 9.47 Å². The van der Waals surface area contributed by atoms with Gasteiger partial charge in [-0.05, 0) is 30.2 Å². The van der Waals surface area contributed by atoms with Gasteiger partial charge in [-0.15, -0.1) is 0 Å². The van der Waals surface area contributed by atoms with Crippen molar-refractivity contribution < 1.29 is 14.3 Å². The van der Waals surface area contributed by atoms with E-state index >= 15 is 0 Å². The molecule has 2 aromatic rings. The van der Waals surface area contributed by atoms with Gasteiger partial charge >= 0.3 is 5.97 Å². The van der Waals surface area contributed by atoms with E-state index in [0.29, 0.717) is 5.69 Å². The first-order valence-corrected chi connectivity index (χ1v) is 7.62. The Kier molecular flexibility index (Phi) is 6.30. The second-order valence-electron chi connectivity index (χ2n) is 5.25. The first kappa shape index (κ1) is 18.5. The van der Waals surface area contributed by atoms with E-state index in [9.17, 15) is 4.79 Å². The van der Waals surface area contributed by atoms with Gasteiger partial charge in [0.05, 0.1) is 12.8 Å². The van der Waals surface area contributed by atoms with Crippen LogP contribution in [0.2, 0.25) is 0 Å². The third kappa shape index (κ3) is 4.59. The molecule has 2 rings (SSSR count). The number of rotatable bonds is 6. The molecule has 0 fully saturated rings. The van der Waals surface area contributed by atoms with Gasteiger partial charge in [0.25, 0.3) is 0 Å². The topological polar surface area (TPSA) is 107 Å². The third-order valence-corrected chi connectivity index (χ3v) is 3.36. The van der Waals surface area contributed by atoms with Gasteiger partial charge in [0.1, 0.15) is 24.3 Å². The van der Waals surface area contributed by atoms with Crippen molar-refractivity contribution >= 4 is 17.4 Å². The molecule has 0 heterocycles. The zero-order valence-electron chi connectivity index (χ0n) is 14.3. The van der Waals surface area contributed by atoms with Crippen LogP contribution >= 0.6 is 0 Å². The highest BCUT2D eigenvalue weighted by atomic mass is 16.5. The minimum Gasteiger partial charge on any atom is -0.486 e. The van der Waals surface area contributed by atoms with Crippen LogP contribution in [0, 0.1) is 29.6 Å². The van der Waals surface area contributed by atoms with Gasteiger partial charge in [-0.3, -0.25) is 5.43 Å². The molecule has 0 aromatic heterocycles. The van der Waals surface area contributed by atoms with Crippen LogP contribution in [0.3, 0.4) is 0 Å². The smallest absolute Gasteiger partial charge is 0.341 e. The SMILES string of the molecule is COC(=O)c1cc(C)cc(NN=C(C#N)C#N)c1OCc1ccccc1. The summed E-state index contributed by atoms with van der Waals surface area (Å²) in [4.78, 5) is 12.1. The summed E-state index contributed by atoms with van der Waals surface area (Å²) in [7, 11) is 1.28.